The zero-order valence-corrected chi connectivity index (χ0v) is 14.5. The fourth-order valence-electron chi connectivity index (χ4n) is 1.61. The van der Waals surface area contributed by atoms with Crippen molar-refractivity contribution in [3.05, 3.63) is 12.7 Å². The summed E-state index contributed by atoms with van der Waals surface area (Å²) in [5.74, 6) is -13.6. The lowest BCUT2D eigenvalue weighted by molar-refractivity contribution is -0.345. The molecule has 8 nitrogen and oxygen atoms in total. The maximum Gasteiger partial charge on any atom is 0.466 e. The second-order valence-electron chi connectivity index (χ2n) is 5.11. The van der Waals surface area contributed by atoms with E-state index in [-0.39, 0.29) is 6.08 Å². The lowest BCUT2D eigenvalue weighted by Crippen LogP contribution is -2.60. The average Bonchev–Trinajstić information content (AvgIpc) is 2.50. The van der Waals surface area contributed by atoms with Crippen molar-refractivity contribution in [3.8, 4) is 0 Å². The van der Waals surface area contributed by atoms with Gasteiger partial charge >= 0.3 is 45.1 Å². The number of primary amides is 1. The largest absolute Gasteiger partial charge is 0.466 e. The molecular weight excluding hydrogens is 435 g/mol. The number of hydrogen-bond donors (Lipinski definition) is 2. The highest BCUT2D eigenvalue weighted by molar-refractivity contribution is 7.87. The van der Waals surface area contributed by atoms with Crippen LogP contribution < -0.4 is 5.73 Å². The van der Waals surface area contributed by atoms with Crippen LogP contribution in [-0.2, 0) is 29.2 Å². The molecule has 0 heterocycles. The van der Waals surface area contributed by atoms with Crippen LogP contribution in [-0.4, -0.2) is 54.6 Å². The fraction of sp³-hybridized carbons (Fsp3) is 0.667. The molecule has 0 aliphatic heterocycles. The van der Waals surface area contributed by atoms with Crippen molar-refractivity contribution < 1.29 is 62.8 Å². The third-order valence-corrected chi connectivity index (χ3v) is 4.00. The zero-order valence-electron chi connectivity index (χ0n) is 13.6. The first-order valence-electron chi connectivity index (χ1n) is 6.94. The number of amides is 1. The van der Waals surface area contributed by atoms with Crippen molar-refractivity contribution in [1.29, 1.82) is 0 Å². The van der Waals surface area contributed by atoms with Crippen LogP contribution in [0.3, 0.4) is 0 Å². The summed E-state index contributed by atoms with van der Waals surface area (Å²) in [6.45, 7) is 1.56. The van der Waals surface area contributed by atoms with Gasteiger partial charge in [0.05, 0.1) is 6.61 Å². The summed E-state index contributed by atoms with van der Waals surface area (Å²) in [5.41, 5.74) is 4.54. The van der Waals surface area contributed by atoms with Crippen LogP contribution in [0.5, 0.6) is 0 Å². The van der Waals surface area contributed by atoms with Gasteiger partial charge in [0.1, 0.15) is 0 Å². The van der Waals surface area contributed by atoms with Crippen LogP contribution in [0.25, 0.3) is 0 Å². The van der Waals surface area contributed by atoms with Gasteiger partial charge in [-0.2, -0.15) is 39.2 Å². The highest BCUT2D eigenvalue weighted by atomic mass is 32.2. The molecule has 0 fully saturated rings. The minimum Gasteiger partial charge on any atom is -0.412 e. The van der Waals surface area contributed by atoms with E-state index in [9.17, 15) is 48.7 Å². The molecule has 0 saturated carbocycles. The highest BCUT2D eigenvalue weighted by Gasteiger charge is 2.66. The lowest BCUT2D eigenvalue weighted by Gasteiger charge is -2.31. The van der Waals surface area contributed by atoms with Crippen LogP contribution in [0.2, 0.25) is 0 Å². The first-order valence-corrected chi connectivity index (χ1v) is 8.38. The number of esters is 1. The maximum absolute atomic E-state index is 13.2. The van der Waals surface area contributed by atoms with Crippen molar-refractivity contribution in [2.24, 2.45) is 5.73 Å². The fourth-order valence-corrected chi connectivity index (χ4v) is 2.09. The van der Waals surface area contributed by atoms with E-state index in [0.29, 0.717) is 0 Å². The monoisotopic (exact) mass is 449 g/mol. The van der Waals surface area contributed by atoms with E-state index >= 15 is 0 Å². The van der Waals surface area contributed by atoms with Gasteiger partial charge < -0.3 is 15.2 Å². The maximum atomic E-state index is 13.2. The molecule has 0 aromatic heterocycles. The molecule has 28 heavy (non-hydrogen) atoms. The van der Waals surface area contributed by atoms with Gasteiger partial charge in [-0.15, -0.1) is 0 Å². The van der Waals surface area contributed by atoms with Crippen molar-refractivity contribution in [3.63, 3.8) is 0 Å². The van der Waals surface area contributed by atoms with Crippen LogP contribution >= 0.6 is 0 Å². The molecule has 1 unspecified atom stereocenters. The Labute approximate surface area is 153 Å². The van der Waals surface area contributed by atoms with Gasteiger partial charge in [-0.05, 0) is 12.8 Å². The molecule has 0 aromatic rings. The van der Waals surface area contributed by atoms with Crippen molar-refractivity contribution in [2.45, 2.75) is 42.4 Å². The number of alkyl halides is 7. The van der Waals surface area contributed by atoms with E-state index in [2.05, 4.69) is 21.8 Å². The van der Waals surface area contributed by atoms with Crippen LogP contribution in [0.15, 0.2) is 12.7 Å². The predicted octanol–water partition coefficient (Wildman–Crippen LogP) is 1.76. The smallest absolute Gasteiger partial charge is 0.412 e. The first-order chi connectivity index (χ1) is 12.4. The van der Waals surface area contributed by atoms with Crippen LogP contribution in [0, 0.1) is 0 Å². The third-order valence-electron chi connectivity index (χ3n) is 3.05. The Bertz CT molecular complexity index is 708. The molecule has 0 radical (unpaired) electrons. The summed E-state index contributed by atoms with van der Waals surface area (Å²) in [6, 6.07) is 0. The van der Waals surface area contributed by atoms with E-state index in [4.69, 9.17) is 4.55 Å². The van der Waals surface area contributed by atoms with Crippen molar-refractivity contribution >= 4 is 22.0 Å². The van der Waals surface area contributed by atoms with E-state index in [1.807, 2.05) is 0 Å². The summed E-state index contributed by atoms with van der Waals surface area (Å²) >= 11 is 0. The number of ether oxygens (including phenoxy) is 2. The van der Waals surface area contributed by atoms with Gasteiger partial charge in [0.15, 0.2) is 0 Å². The Morgan fingerprint density at radius 2 is 1.57 bits per heavy atom. The van der Waals surface area contributed by atoms with Gasteiger partial charge in [-0.3, -0.25) is 9.35 Å². The standard InChI is InChI=1S/C12H14F7NO7S/c1-2-7(21)27-10(8(20)22,11(15,16)17)26-6-4-3-5-9(13,14)12(18,19)28(23,24)25/h2H,1,3-6H2,(H2,20,22)(H,23,24,25). The summed E-state index contributed by atoms with van der Waals surface area (Å²) in [5, 5.41) is -5.84. The summed E-state index contributed by atoms with van der Waals surface area (Å²) in [4.78, 5) is 22.1. The van der Waals surface area contributed by atoms with E-state index in [1.165, 1.54) is 0 Å². The highest BCUT2D eigenvalue weighted by Crippen LogP contribution is 2.42. The SMILES string of the molecule is C=CC(=O)OC(OCCCCC(F)(F)C(F)(F)S(=O)(=O)O)(C(N)=O)C(F)(F)F. The average molecular weight is 449 g/mol. The van der Waals surface area contributed by atoms with Gasteiger partial charge in [-0.25, -0.2) is 4.79 Å². The minimum atomic E-state index is -6.46. The molecular formula is C12H14F7NO7S. The molecule has 0 bridgehead atoms. The Morgan fingerprint density at radius 1 is 1.07 bits per heavy atom. The molecule has 0 saturated heterocycles. The van der Waals surface area contributed by atoms with Gasteiger partial charge in [0.2, 0.25) is 0 Å². The molecule has 1 amide bonds. The van der Waals surface area contributed by atoms with Crippen molar-refractivity contribution in [1.82, 2.24) is 0 Å². The number of carbonyl (C=O) groups excluding carboxylic acids is 2. The molecule has 0 aliphatic carbocycles. The predicted molar refractivity (Wildman–Crippen MR) is 75.5 cm³/mol. The van der Waals surface area contributed by atoms with E-state index in [1.54, 1.807) is 0 Å². The molecule has 16 heteroatoms. The molecule has 3 N–H and O–H groups in total. The number of halogens is 7. The molecule has 1 atom stereocenters. The number of unbranched alkanes of at least 4 members (excludes halogenated alkanes) is 1. The van der Waals surface area contributed by atoms with Crippen LogP contribution in [0.1, 0.15) is 19.3 Å². The molecule has 0 rings (SSSR count). The first kappa shape index (κ1) is 26.1. The van der Waals surface area contributed by atoms with Gasteiger partial charge in [0.25, 0.3) is 0 Å². The number of carbonyl (C=O) groups is 2. The lowest BCUT2D eigenvalue weighted by atomic mass is 10.1. The third kappa shape index (κ3) is 5.54. The van der Waals surface area contributed by atoms with Crippen molar-refractivity contribution in [2.75, 3.05) is 6.61 Å². The normalized spacial score (nSPS) is 15.6. The quantitative estimate of drug-likeness (QED) is 0.123. The second kappa shape index (κ2) is 8.60. The van der Waals surface area contributed by atoms with Gasteiger partial charge in [0, 0.05) is 12.5 Å². The van der Waals surface area contributed by atoms with Crippen LogP contribution in [0.4, 0.5) is 30.7 Å². The van der Waals surface area contributed by atoms with E-state index in [0.717, 1.165) is 0 Å². The second-order valence-corrected chi connectivity index (χ2v) is 6.57. The number of hydrogen-bond acceptors (Lipinski definition) is 6. The zero-order chi connectivity index (χ0) is 22.6. The Hall–Kier alpha value is -1.94. The number of rotatable bonds is 11. The Balaban J connectivity index is 5.13. The minimum absolute atomic E-state index is 0.241. The summed E-state index contributed by atoms with van der Waals surface area (Å²) in [7, 11) is -6.46. The summed E-state index contributed by atoms with van der Waals surface area (Å²) in [6.07, 6.45) is -9.23. The van der Waals surface area contributed by atoms with Gasteiger partial charge in [-0.1, -0.05) is 6.58 Å². The molecule has 164 valence electrons. The Kier molecular flexibility index (Phi) is 8.01. The number of nitrogens with two attached hydrogens (primary N) is 1. The Morgan fingerprint density at radius 3 is 1.93 bits per heavy atom. The summed E-state index contributed by atoms with van der Waals surface area (Å²) < 4.78 is 128. The van der Waals surface area contributed by atoms with E-state index < -0.39 is 71.0 Å². The topological polar surface area (TPSA) is 133 Å². The molecule has 0 aliphatic rings. The molecule has 0 aromatic carbocycles. The molecule has 0 spiro atoms.